The highest BCUT2D eigenvalue weighted by molar-refractivity contribution is 7.90. The molecule has 0 saturated heterocycles. The van der Waals surface area contributed by atoms with Gasteiger partial charge in [0.2, 0.25) is 0 Å². The number of rotatable bonds is 5. The Hall–Kier alpha value is -3.16. The Morgan fingerprint density at radius 3 is 2.05 bits per heavy atom. The maximum atomic E-state index is 13.6. The topological polar surface area (TPSA) is 82.9 Å². The molecular formula is C24H18ClF6N3O3S. The molecule has 1 N–H and O–H groups in total. The summed E-state index contributed by atoms with van der Waals surface area (Å²) in [7, 11) is -3.47. The minimum Gasteiger partial charge on any atom is -0.369 e. The molecule has 0 aliphatic carbocycles. The first-order chi connectivity index (χ1) is 17.5. The average molecular weight is 578 g/mol. The van der Waals surface area contributed by atoms with Crippen LogP contribution >= 0.6 is 11.6 Å². The molecule has 0 spiro atoms. The molecule has 14 heteroatoms. The van der Waals surface area contributed by atoms with Gasteiger partial charge >= 0.3 is 12.4 Å². The summed E-state index contributed by atoms with van der Waals surface area (Å²) in [6, 6.07) is 13.4. The van der Waals surface area contributed by atoms with Crippen molar-refractivity contribution in [3.05, 3.63) is 77.4 Å². The lowest BCUT2D eigenvalue weighted by atomic mass is 9.89. The largest absolute Gasteiger partial charge is 0.431 e. The number of pyridine rings is 1. The van der Waals surface area contributed by atoms with Crippen molar-refractivity contribution in [1.29, 1.82) is 0 Å². The van der Waals surface area contributed by atoms with Gasteiger partial charge in [0, 0.05) is 24.4 Å². The molecule has 3 aromatic rings. The first-order valence-electron chi connectivity index (χ1n) is 10.8. The standard InChI is InChI=1S/C24H18ClF6N3O3S/c1-38(36,37)16-10-11-18(32-13-16)14-6-8-15(9-7-14)20-12-21(22(35,23(26,27)28)24(29,30)31)33-34(20)19-5-3-2-4-17(19)25/h2-11,13,20,35H,12H2,1H3. The number of hydrazone groups is 1. The van der Waals surface area contributed by atoms with E-state index in [1.54, 1.807) is 0 Å². The van der Waals surface area contributed by atoms with Crippen LogP contribution in [0.5, 0.6) is 0 Å². The summed E-state index contributed by atoms with van der Waals surface area (Å²) in [5, 5.41) is 14.5. The normalized spacial score (nSPS) is 17.0. The summed E-state index contributed by atoms with van der Waals surface area (Å²) in [4.78, 5) is 4.11. The molecule has 0 saturated carbocycles. The monoisotopic (exact) mass is 577 g/mol. The predicted octanol–water partition coefficient (Wildman–Crippen LogP) is 5.97. The second-order valence-corrected chi connectivity index (χ2v) is 11.0. The zero-order valence-electron chi connectivity index (χ0n) is 19.3. The van der Waals surface area contributed by atoms with Crippen molar-refractivity contribution >= 4 is 32.8 Å². The summed E-state index contributed by atoms with van der Waals surface area (Å²) in [6.07, 6.45) is -10.9. The van der Waals surface area contributed by atoms with E-state index in [0.717, 1.165) is 11.3 Å². The van der Waals surface area contributed by atoms with Gasteiger partial charge < -0.3 is 5.11 Å². The van der Waals surface area contributed by atoms with Crippen molar-refractivity contribution in [2.24, 2.45) is 5.10 Å². The number of para-hydroxylation sites is 1. The van der Waals surface area contributed by atoms with E-state index in [1.165, 1.54) is 66.9 Å². The molecule has 0 bridgehead atoms. The van der Waals surface area contributed by atoms with E-state index < -0.39 is 46.0 Å². The predicted molar refractivity (Wildman–Crippen MR) is 129 cm³/mol. The second-order valence-electron chi connectivity index (χ2n) is 8.54. The number of alkyl halides is 6. The fraction of sp³-hybridized carbons (Fsp3) is 0.250. The van der Waals surface area contributed by atoms with E-state index in [4.69, 9.17) is 11.6 Å². The Morgan fingerprint density at radius 2 is 1.55 bits per heavy atom. The maximum Gasteiger partial charge on any atom is 0.431 e. The van der Waals surface area contributed by atoms with Crippen LogP contribution in [0, 0.1) is 0 Å². The molecule has 6 nitrogen and oxygen atoms in total. The summed E-state index contributed by atoms with van der Waals surface area (Å²) in [5.74, 6) is 0. The van der Waals surface area contributed by atoms with Crippen LogP contribution < -0.4 is 5.01 Å². The van der Waals surface area contributed by atoms with Crippen molar-refractivity contribution in [3.63, 3.8) is 0 Å². The number of benzene rings is 2. The molecule has 1 atom stereocenters. The minimum atomic E-state index is -6.08. The lowest BCUT2D eigenvalue weighted by Crippen LogP contribution is -2.62. The molecule has 0 fully saturated rings. The third kappa shape index (κ3) is 4.97. The Kier molecular flexibility index (Phi) is 7.00. The van der Waals surface area contributed by atoms with Crippen molar-refractivity contribution in [2.45, 2.75) is 35.3 Å². The Labute approximate surface area is 218 Å². The molecule has 1 aromatic heterocycles. The maximum absolute atomic E-state index is 13.6. The van der Waals surface area contributed by atoms with Crippen molar-refractivity contribution in [3.8, 4) is 11.3 Å². The first-order valence-corrected chi connectivity index (χ1v) is 13.0. The van der Waals surface area contributed by atoms with E-state index in [0.29, 0.717) is 11.3 Å². The molecule has 1 unspecified atom stereocenters. The number of aliphatic hydroxyl groups is 1. The lowest BCUT2D eigenvalue weighted by molar-refractivity contribution is -0.338. The third-order valence-corrected chi connectivity index (χ3v) is 7.42. The molecule has 0 amide bonds. The molecule has 0 radical (unpaired) electrons. The van der Waals surface area contributed by atoms with Gasteiger partial charge in [0.05, 0.1) is 33.1 Å². The fourth-order valence-electron chi connectivity index (χ4n) is 3.98. The zero-order chi connectivity index (χ0) is 28.1. The molecule has 2 heterocycles. The Morgan fingerprint density at radius 1 is 0.947 bits per heavy atom. The highest BCUT2D eigenvalue weighted by Crippen LogP contribution is 2.49. The van der Waals surface area contributed by atoms with Gasteiger partial charge in [-0.3, -0.25) is 9.99 Å². The van der Waals surface area contributed by atoms with Crippen LogP contribution in [0.4, 0.5) is 32.0 Å². The average Bonchev–Trinajstić information content (AvgIpc) is 3.27. The fourth-order valence-corrected chi connectivity index (χ4v) is 4.76. The van der Waals surface area contributed by atoms with Gasteiger partial charge in [-0.15, -0.1) is 0 Å². The van der Waals surface area contributed by atoms with Crippen LogP contribution in [-0.2, 0) is 9.84 Å². The number of halogens is 7. The number of hydrogen-bond donors (Lipinski definition) is 1. The van der Waals surface area contributed by atoms with Crippen molar-refractivity contribution in [2.75, 3.05) is 11.3 Å². The molecule has 38 heavy (non-hydrogen) atoms. The van der Waals surface area contributed by atoms with E-state index in [-0.39, 0.29) is 21.2 Å². The van der Waals surface area contributed by atoms with Crippen LogP contribution in [0.2, 0.25) is 5.02 Å². The lowest BCUT2D eigenvalue weighted by Gasteiger charge is -2.32. The molecule has 1 aliphatic heterocycles. The van der Waals surface area contributed by atoms with Crippen LogP contribution in [0.1, 0.15) is 18.0 Å². The van der Waals surface area contributed by atoms with Crippen molar-refractivity contribution in [1.82, 2.24) is 4.98 Å². The van der Waals surface area contributed by atoms with Gasteiger partial charge in [0.25, 0.3) is 5.60 Å². The number of hydrogen-bond acceptors (Lipinski definition) is 6. The second kappa shape index (κ2) is 9.54. The van der Waals surface area contributed by atoms with Gasteiger partial charge in [-0.25, -0.2) is 8.42 Å². The third-order valence-electron chi connectivity index (χ3n) is 6.00. The van der Waals surface area contributed by atoms with Gasteiger partial charge in [-0.1, -0.05) is 48.0 Å². The van der Waals surface area contributed by atoms with Crippen LogP contribution in [0.25, 0.3) is 11.3 Å². The van der Waals surface area contributed by atoms with Gasteiger partial charge in [-0.05, 0) is 29.8 Å². The number of sulfone groups is 1. The highest BCUT2D eigenvalue weighted by atomic mass is 35.5. The van der Waals surface area contributed by atoms with E-state index in [9.17, 15) is 39.9 Å². The minimum absolute atomic E-state index is 0.00528. The summed E-state index contributed by atoms with van der Waals surface area (Å²) in [5.41, 5.74) is -5.46. The quantitative estimate of drug-likeness (QED) is 0.378. The SMILES string of the molecule is CS(=O)(=O)c1ccc(-c2ccc(C3CC(C(O)(C(F)(F)F)C(F)(F)F)=NN3c3ccccc3Cl)cc2)nc1. The molecule has 202 valence electrons. The van der Waals surface area contributed by atoms with E-state index in [1.807, 2.05) is 0 Å². The summed E-state index contributed by atoms with van der Waals surface area (Å²) in [6.45, 7) is 0. The van der Waals surface area contributed by atoms with Crippen LogP contribution in [-0.4, -0.2) is 48.4 Å². The van der Waals surface area contributed by atoms with E-state index in [2.05, 4.69) is 10.1 Å². The van der Waals surface area contributed by atoms with Gasteiger partial charge in [0.1, 0.15) is 0 Å². The first kappa shape index (κ1) is 27.9. The number of anilines is 1. The zero-order valence-corrected chi connectivity index (χ0v) is 20.9. The van der Waals surface area contributed by atoms with Crippen molar-refractivity contribution < 1.29 is 39.9 Å². The van der Waals surface area contributed by atoms with E-state index >= 15 is 0 Å². The number of nitrogens with zero attached hydrogens (tertiary/aromatic N) is 3. The summed E-state index contributed by atoms with van der Waals surface area (Å²) >= 11 is 6.18. The summed E-state index contributed by atoms with van der Waals surface area (Å²) < 4.78 is 105. The van der Waals surface area contributed by atoms with Gasteiger partial charge in [-0.2, -0.15) is 31.4 Å². The molecule has 4 rings (SSSR count). The molecule has 2 aromatic carbocycles. The Bertz CT molecular complexity index is 1460. The van der Waals surface area contributed by atoms with Crippen LogP contribution in [0.3, 0.4) is 0 Å². The Balaban J connectivity index is 1.75. The smallest absolute Gasteiger partial charge is 0.369 e. The molecule has 1 aliphatic rings. The highest BCUT2D eigenvalue weighted by Gasteiger charge is 2.74. The van der Waals surface area contributed by atoms with Gasteiger partial charge in [0.15, 0.2) is 9.84 Å². The number of aromatic nitrogens is 1. The van der Waals surface area contributed by atoms with Crippen LogP contribution in [0.15, 0.2) is 76.9 Å². The molecular weight excluding hydrogens is 560 g/mol.